The third kappa shape index (κ3) is 3.63. The normalized spacial score (nSPS) is 18.5. The summed E-state index contributed by atoms with van der Waals surface area (Å²) in [6.45, 7) is 6.05. The largest absolute Gasteiger partial charge is 0.380 e. The molecule has 0 saturated carbocycles. The maximum atomic E-state index is 8.81. The van der Waals surface area contributed by atoms with Crippen LogP contribution in [0.1, 0.15) is 31.0 Å². The molecular weight excluding hydrogens is 300 g/mol. The summed E-state index contributed by atoms with van der Waals surface area (Å²) in [5, 5.41) is 19.3. The highest BCUT2D eigenvalue weighted by atomic mass is 15.1. The van der Waals surface area contributed by atoms with Gasteiger partial charge in [0.1, 0.15) is 17.6 Å². The van der Waals surface area contributed by atoms with Crippen LogP contribution in [0.5, 0.6) is 0 Å². The molecule has 3 N–H and O–H groups in total. The van der Waals surface area contributed by atoms with E-state index in [2.05, 4.69) is 39.8 Å². The van der Waals surface area contributed by atoms with E-state index < -0.39 is 0 Å². The van der Waals surface area contributed by atoms with Gasteiger partial charge in [0.25, 0.3) is 0 Å². The quantitative estimate of drug-likeness (QED) is 0.783. The van der Waals surface area contributed by atoms with Gasteiger partial charge in [0.05, 0.1) is 11.7 Å². The summed E-state index contributed by atoms with van der Waals surface area (Å²) >= 11 is 0. The second-order valence-corrected chi connectivity index (χ2v) is 6.22. The van der Waals surface area contributed by atoms with Crippen molar-refractivity contribution in [2.24, 2.45) is 0 Å². The van der Waals surface area contributed by atoms with E-state index in [0.717, 1.165) is 30.2 Å². The van der Waals surface area contributed by atoms with Crippen molar-refractivity contribution in [1.82, 2.24) is 15.3 Å². The minimum atomic E-state index is 0.277. The summed E-state index contributed by atoms with van der Waals surface area (Å²) in [6.07, 6.45) is 3.59. The van der Waals surface area contributed by atoms with Crippen LogP contribution in [0.15, 0.2) is 36.7 Å². The molecule has 0 spiro atoms. The number of nitrogens with one attached hydrogen (secondary N) is 3. The lowest BCUT2D eigenvalue weighted by atomic mass is 10.0. The predicted molar refractivity (Wildman–Crippen MR) is 95.0 cm³/mol. The van der Waals surface area contributed by atoms with Crippen LogP contribution in [0, 0.1) is 11.3 Å². The lowest BCUT2D eigenvalue weighted by Gasteiger charge is -2.32. The molecule has 3 rings (SSSR count). The monoisotopic (exact) mass is 322 g/mol. The van der Waals surface area contributed by atoms with Crippen LogP contribution in [-0.2, 0) is 0 Å². The Morgan fingerprint density at radius 1 is 1.33 bits per heavy atom. The van der Waals surface area contributed by atoms with Crippen molar-refractivity contribution in [3.05, 3.63) is 47.9 Å². The van der Waals surface area contributed by atoms with Crippen molar-refractivity contribution in [3.8, 4) is 6.07 Å². The molecule has 0 unspecified atom stereocenters. The smallest absolute Gasteiger partial charge is 0.149 e. The van der Waals surface area contributed by atoms with E-state index in [4.69, 9.17) is 5.26 Å². The van der Waals surface area contributed by atoms with E-state index in [-0.39, 0.29) is 6.04 Å². The van der Waals surface area contributed by atoms with Gasteiger partial charge in [-0.15, -0.1) is 0 Å². The minimum Gasteiger partial charge on any atom is -0.380 e. The highest BCUT2D eigenvalue weighted by Crippen LogP contribution is 2.23. The first-order valence-corrected chi connectivity index (χ1v) is 8.22. The zero-order valence-corrected chi connectivity index (χ0v) is 14.0. The molecular formula is C18H22N6. The second kappa shape index (κ2) is 7.28. The van der Waals surface area contributed by atoms with Crippen LogP contribution >= 0.6 is 0 Å². The number of hydrogen-bond donors (Lipinski definition) is 3. The number of pyridine rings is 2. The fourth-order valence-electron chi connectivity index (χ4n) is 2.80. The van der Waals surface area contributed by atoms with Gasteiger partial charge in [-0.3, -0.25) is 0 Å². The van der Waals surface area contributed by atoms with E-state index >= 15 is 0 Å². The molecule has 124 valence electrons. The lowest BCUT2D eigenvalue weighted by molar-refractivity contribution is 0.466. The molecule has 0 aliphatic carbocycles. The van der Waals surface area contributed by atoms with E-state index in [1.54, 1.807) is 18.5 Å². The van der Waals surface area contributed by atoms with Crippen LogP contribution in [0.3, 0.4) is 0 Å². The molecule has 0 amide bonds. The highest BCUT2D eigenvalue weighted by Gasteiger charge is 2.23. The topological polar surface area (TPSA) is 85.7 Å². The van der Waals surface area contributed by atoms with Gasteiger partial charge in [-0.25, -0.2) is 9.97 Å². The van der Waals surface area contributed by atoms with Gasteiger partial charge in [0, 0.05) is 31.5 Å². The van der Waals surface area contributed by atoms with E-state index in [1.165, 1.54) is 0 Å². The van der Waals surface area contributed by atoms with E-state index in [0.29, 0.717) is 17.7 Å². The molecule has 1 aliphatic rings. The van der Waals surface area contributed by atoms with Crippen molar-refractivity contribution in [3.63, 3.8) is 0 Å². The predicted octanol–water partition coefficient (Wildman–Crippen LogP) is 2.34. The molecule has 3 atom stereocenters. The van der Waals surface area contributed by atoms with Gasteiger partial charge in [-0.2, -0.15) is 5.26 Å². The van der Waals surface area contributed by atoms with Crippen molar-refractivity contribution in [1.29, 1.82) is 5.26 Å². The van der Waals surface area contributed by atoms with Crippen molar-refractivity contribution >= 4 is 11.5 Å². The fraction of sp³-hybridized carbons (Fsp3) is 0.389. The standard InChI is InChI=1S/C18H22N6/c1-12(14-5-6-15(8-19)22-10-14)9-21-13(2)17-11-23-16-4-3-7-20-18(16)24-17/h3-7,10,12-13,17,21,23H,9,11H2,1-2H3,(H,20,24)/t12-,13+,17+/m0/s1. The Morgan fingerprint density at radius 3 is 2.96 bits per heavy atom. The van der Waals surface area contributed by atoms with Crippen molar-refractivity contribution in [2.75, 3.05) is 23.7 Å². The first kappa shape index (κ1) is 16.2. The Labute approximate surface area is 142 Å². The zero-order valence-electron chi connectivity index (χ0n) is 14.0. The molecule has 1 aliphatic heterocycles. The van der Waals surface area contributed by atoms with Crippen LogP contribution in [0.25, 0.3) is 0 Å². The minimum absolute atomic E-state index is 0.277. The Morgan fingerprint density at radius 2 is 2.21 bits per heavy atom. The number of hydrogen-bond acceptors (Lipinski definition) is 6. The zero-order chi connectivity index (χ0) is 16.9. The molecule has 0 aromatic carbocycles. The molecule has 2 aromatic heterocycles. The van der Waals surface area contributed by atoms with Crippen LogP contribution in [0.2, 0.25) is 0 Å². The maximum Gasteiger partial charge on any atom is 0.149 e. The third-order valence-corrected chi connectivity index (χ3v) is 4.46. The van der Waals surface area contributed by atoms with Gasteiger partial charge in [0.2, 0.25) is 0 Å². The first-order chi connectivity index (χ1) is 11.7. The summed E-state index contributed by atoms with van der Waals surface area (Å²) in [5.74, 6) is 1.24. The summed E-state index contributed by atoms with van der Waals surface area (Å²) in [4.78, 5) is 8.52. The number of nitrogens with zero attached hydrogens (tertiary/aromatic N) is 3. The van der Waals surface area contributed by atoms with Gasteiger partial charge in [-0.1, -0.05) is 13.0 Å². The van der Waals surface area contributed by atoms with E-state index in [9.17, 15) is 0 Å². The summed E-state index contributed by atoms with van der Waals surface area (Å²) in [6, 6.07) is 10.3. The average molecular weight is 322 g/mol. The summed E-state index contributed by atoms with van der Waals surface area (Å²) < 4.78 is 0. The second-order valence-electron chi connectivity index (χ2n) is 6.22. The molecule has 24 heavy (non-hydrogen) atoms. The fourth-order valence-corrected chi connectivity index (χ4v) is 2.80. The number of nitriles is 1. The Bertz CT molecular complexity index is 721. The maximum absolute atomic E-state index is 8.81. The molecule has 0 bridgehead atoms. The molecule has 0 fully saturated rings. The summed E-state index contributed by atoms with van der Waals surface area (Å²) in [5.41, 5.74) is 2.64. The molecule has 3 heterocycles. The van der Waals surface area contributed by atoms with Gasteiger partial charge in [0.15, 0.2) is 0 Å². The SMILES string of the molecule is C[C@@H](CN[C@H](C)[C@H]1CNc2cccnc2N1)c1ccc(C#N)nc1. The van der Waals surface area contributed by atoms with E-state index in [1.807, 2.05) is 24.3 Å². The molecule has 0 saturated heterocycles. The number of rotatable bonds is 5. The van der Waals surface area contributed by atoms with Crippen LogP contribution in [-0.4, -0.2) is 35.1 Å². The molecule has 2 aromatic rings. The Balaban J connectivity index is 1.54. The first-order valence-electron chi connectivity index (χ1n) is 8.22. The van der Waals surface area contributed by atoms with Gasteiger partial charge in [-0.05, 0) is 36.6 Å². The average Bonchev–Trinajstić information content (AvgIpc) is 2.65. The van der Waals surface area contributed by atoms with Gasteiger partial charge >= 0.3 is 0 Å². The van der Waals surface area contributed by atoms with Gasteiger partial charge < -0.3 is 16.0 Å². The number of anilines is 2. The van der Waals surface area contributed by atoms with Crippen LogP contribution in [0.4, 0.5) is 11.5 Å². The molecule has 6 heteroatoms. The Hall–Kier alpha value is -2.65. The Kier molecular flexibility index (Phi) is 4.92. The highest BCUT2D eigenvalue weighted by molar-refractivity contribution is 5.66. The third-order valence-electron chi connectivity index (χ3n) is 4.46. The molecule has 6 nitrogen and oxygen atoms in total. The van der Waals surface area contributed by atoms with Crippen molar-refractivity contribution < 1.29 is 0 Å². The van der Waals surface area contributed by atoms with Crippen LogP contribution < -0.4 is 16.0 Å². The number of fused-ring (bicyclic) bond motifs is 1. The number of aromatic nitrogens is 2. The lowest BCUT2D eigenvalue weighted by Crippen LogP contribution is -2.48. The summed E-state index contributed by atoms with van der Waals surface area (Å²) in [7, 11) is 0. The van der Waals surface area contributed by atoms with Crippen molar-refractivity contribution in [2.45, 2.75) is 31.8 Å². The molecule has 0 radical (unpaired) electrons.